The van der Waals surface area contributed by atoms with Gasteiger partial charge in [0.1, 0.15) is 0 Å². The van der Waals surface area contributed by atoms with Crippen molar-refractivity contribution in [2.24, 2.45) is 5.41 Å². The van der Waals surface area contributed by atoms with Crippen molar-refractivity contribution in [3.8, 4) is 0 Å². The van der Waals surface area contributed by atoms with Crippen LogP contribution >= 0.6 is 12.4 Å². The standard InChI is InChI=1S/C17H25F3N4O.ClH/c1-15(2,3)24-13(17(18,19)20)12(10-22-24)14(25)23-8-5-16(6-9-23)4-7-21-11-16;/h10,21H,4-9,11H2,1-3H3;1H. The summed E-state index contributed by atoms with van der Waals surface area (Å²) in [5.74, 6) is -0.566. The van der Waals surface area contributed by atoms with Gasteiger partial charge in [0.2, 0.25) is 0 Å². The van der Waals surface area contributed by atoms with Crippen molar-refractivity contribution in [1.82, 2.24) is 20.0 Å². The Morgan fingerprint density at radius 1 is 1.19 bits per heavy atom. The average Bonchev–Trinajstić information content (AvgIpc) is 3.13. The average molecular weight is 395 g/mol. The van der Waals surface area contributed by atoms with Crippen molar-refractivity contribution in [3.63, 3.8) is 0 Å². The zero-order valence-electron chi connectivity index (χ0n) is 15.3. The maximum atomic E-state index is 13.6. The quantitative estimate of drug-likeness (QED) is 0.795. The molecule has 0 unspecified atom stereocenters. The lowest BCUT2D eigenvalue weighted by Gasteiger charge is -2.39. The molecule has 2 fully saturated rings. The molecule has 1 amide bonds. The Morgan fingerprint density at radius 2 is 1.81 bits per heavy atom. The van der Waals surface area contributed by atoms with Crippen LogP contribution in [0.4, 0.5) is 13.2 Å². The number of hydrogen-bond acceptors (Lipinski definition) is 3. The van der Waals surface area contributed by atoms with Crippen molar-refractivity contribution in [2.75, 3.05) is 26.2 Å². The van der Waals surface area contributed by atoms with Gasteiger partial charge in [-0.2, -0.15) is 18.3 Å². The third-order valence-electron chi connectivity index (χ3n) is 5.35. The molecule has 2 aliphatic rings. The number of aromatic nitrogens is 2. The van der Waals surface area contributed by atoms with Crippen LogP contribution in [-0.4, -0.2) is 46.8 Å². The van der Waals surface area contributed by atoms with Crippen LogP contribution in [0.2, 0.25) is 0 Å². The van der Waals surface area contributed by atoms with E-state index in [2.05, 4.69) is 10.4 Å². The smallest absolute Gasteiger partial charge is 0.338 e. The van der Waals surface area contributed by atoms with Crippen LogP contribution in [0.25, 0.3) is 0 Å². The van der Waals surface area contributed by atoms with Crippen LogP contribution in [0.5, 0.6) is 0 Å². The molecule has 0 aromatic carbocycles. The van der Waals surface area contributed by atoms with E-state index in [0.717, 1.165) is 43.2 Å². The van der Waals surface area contributed by atoms with Crippen molar-refractivity contribution in [2.45, 2.75) is 51.7 Å². The molecule has 2 saturated heterocycles. The highest BCUT2D eigenvalue weighted by Gasteiger charge is 2.44. The summed E-state index contributed by atoms with van der Waals surface area (Å²) >= 11 is 0. The summed E-state index contributed by atoms with van der Waals surface area (Å²) in [7, 11) is 0. The molecular weight excluding hydrogens is 369 g/mol. The minimum Gasteiger partial charge on any atom is -0.338 e. The maximum Gasteiger partial charge on any atom is 0.433 e. The second-order valence-electron chi connectivity index (χ2n) is 8.21. The fraction of sp³-hybridized carbons (Fsp3) is 0.765. The summed E-state index contributed by atoms with van der Waals surface area (Å²) < 4.78 is 41.7. The van der Waals surface area contributed by atoms with Gasteiger partial charge in [-0.25, -0.2) is 0 Å². The number of hydrogen-bond donors (Lipinski definition) is 1. The van der Waals surface area contributed by atoms with Gasteiger partial charge in [-0.15, -0.1) is 12.4 Å². The summed E-state index contributed by atoms with van der Waals surface area (Å²) in [6.45, 7) is 7.83. The Bertz CT molecular complexity index is 650. The molecule has 1 aromatic heterocycles. The molecule has 0 bridgehead atoms. The van der Waals surface area contributed by atoms with E-state index < -0.39 is 23.3 Å². The van der Waals surface area contributed by atoms with E-state index in [-0.39, 0.29) is 23.4 Å². The Labute approximate surface area is 157 Å². The number of rotatable bonds is 1. The number of piperidine rings is 1. The van der Waals surface area contributed by atoms with E-state index in [4.69, 9.17) is 0 Å². The largest absolute Gasteiger partial charge is 0.433 e. The van der Waals surface area contributed by atoms with Gasteiger partial charge in [-0.3, -0.25) is 9.48 Å². The van der Waals surface area contributed by atoms with E-state index >= 15 is 0 Å². The first kappa shape index (κ1) is 21.0. The number of likely N-dealkylation sites (tertiary alicyclic amines) is 1. The SMILES string of the molecule is CC(C)(C)n1ncc(C(=O)N2CCC3(CCNC3)CC2)c1C(F)(F)F.Cl. The van der Waals surface area contributed by atoms with E-state index in [1.165, 1.54) is 0 Å². The third-order valence-corrected chi connectivity index (χ3v) is 5.35. The zero-order chi connectivity index (χ0) is 18.5. The van der Waals surface area contributed by atoms with Gasteiger partial charge in [-0.1, -0.05) is 0 Å². The van der Waals surface area contributed by atoms with E-state index in [9.17, 15) is 18.0 Å². The van der Waals surface area contributed by atoms with Crippen LogP contribution in [0.15, 0.2) is 6.20 Å². The van der Waals surface area contributed by atoms with Crippen LogP contribution in [0.3, 0.4) is 0 Å². The Hall–Kier alpha value is -1.28. The van der Waals surface area contributed by atoms with Crippen molar-refractivity contribution < 1.29 is 18.0 Å². The Kier molecular flexibility index (Phi) is 5.69. The lowest BCUT2D eigenvalue weighted by molar-refractivity contribution is -0.146. The molecular formula is C17H26ClF3N4O. The first-order valence-electron chi connectivity index (χ1n) is 8.69. The molecule has 0 atom stereocenters. The molecule has 148 valence electrons. The normalized spacial score (nSPS) is 20.3. The molecule has 0 radical (unpaired) electrons. The number of carbonyl (C=O) groups is 1. The number of alkyl halides is 3. The van der Waals surface area contributed by atoms with Crippen molar-refractivity contribution in [3.05, 3.63) is 17.5 Å². The minimum atomic E-state index is -4.62. The Morgan fingerprint density at radius 3 is 2.27 bits per heavy atom. The molecule has 0 saturated carbocycles. The Balaban J connectivity index is 0.00000243. The third kappa shape index (κ3) is 3.86. The van der Waals surface area contributed by atoms with E-state index in [1.807, 2.05) is 0 Å². The number of nitrogens with zero attached hydrogens (tertiary/aromatic N) is 3. The van der Waals surface area contributed by atoms with Gasteiger partial charge in [0.05, 0.1) is 17.3 Å². The monoisotopic (exact) mass is 394 g/mol. The molecule has 1 N–H and O–H groups in total. The predicted molar refractivity (Wildman–Crippen MR) is 94.5 cm³/mol. The number of amides is 1. The van der Waals surface area contributed by atoms with Gasteiger partial charge in [0.15, 0.2) is 5.69 Å². The van der Waals surface area contributed by atoms with E-state index in [1.54, 1.807) is 25.7 Å². The lowest BCUT2D eigenvalue weighted by Crippen LogP contribution is -2.44. The number of carbonyl (C=O) groups excluding carboxylic acids is 1. The summed E-state index contributed by atoms with van der Waals surface area (Å²) in [5.41, 5.74) is -1.94. The highest BCUT2D eigenvalue weighted by Crippen LogP contribution is 2.39. The maximum absolute atomic E-state index is 13.6. The van der Waals surface area contributed by atoms with Gasteiger partial charge in [-0.05, 0) is 52.0 Å². The second kappa shape index (κ2) is 7.03. The molecule has 9 heteroatoms. The first-order chi connectivity index (χ1) is 11.5. The van der Waals surface area contributed by atoms with Gasteiger partial charge in [0, 0.05) is 19.6 Å². The fourth-order valence-corrected chi connectivity index (χ4v) is 3.86. The first-order valence-corrected chi connectivity index (χ1v) is 8.69. The van der Waals surface area contributed by atoms with Gasteiger partial charge >= 0.3 is 6.18 Å². The topological polar surface area (TPSA) is 50.2 Å². The molecule has 1 aromatic rings. The predicted octanol–water partition coefficient (Wildman–Crippen LogP) is 3.29. The summed E-state index contributed by atoms with van der Waals surface area (Å²) in [6.07, 6.45) is -0.815. The molecule has 1 spiro atoms. The van der Waals surface area contributed by atoms with Gasteiger partial charge < -0.3 is 10.2 Å². The highest BCUT2D eigenvalue weighted by molar-refractivity contribution is 5.95. The number of nitrogens with one attached hydrogen (secondary N) is 1. The zero-order valence-corrected chi connectivity index (χ0v) is 16.1. The summed E-state index contributed by atoms with van der Waals surface area (Å²) in [5, 5.41) is 7.22. The molecule has 5 nitrogen and oxygen atoms in total. The van der Waals surface area contributed by atoms with Crippen molar-refractivity contribution >= 4 is 18.3 Å². The number of halogens is 4. The molecule has 26 heavy (non-hydrogen) atoms. The van der Waals surface area contributed by atoms with Crippen LogP contribution in [0.1, 0.15) is 56.1 Å². The second-order valence-corrected chi connectivity index (χ2v) is 8.21. The molecule has 2 aliphatic heterocycles. The summed E-state index contributed by atoms with van der Waals surface area (Å²) in [6, 6.07) is 0. The van der Waals surface area contributed by atoms with Crippen LogP contribution in [0, 0.1) is 5.41 Å². The van der Waals surface area contributed by atoms with Crippen LogP contribution < -0.4 is 5.32 Å². The van der Waals surface area contributed by atoms with Gasteiger partial charge in [0.25, 0.3) is 5.91 Å². The van der Waals surface area contributed by atoms with Crippen molar-refractivity contribution in [1.29, 1.82) is 0 Å². The molecule has 3 heterocycles. The van der Waals surface area contributed by atoms with Crippen LogP contribution in [-0.2, 0) is 11.7 Å². The molecule has 0 aliphatic carbocycles. The summed E-state index contributed by atoms with van der Waals surface area (Å²) in [4.78, 5) is 14.3. The molecule has 3 rings (SSSR count). The lowest BCUT2D eigenvalue weighted by atomic mass is 9.78. The highest BCUT2D eigenvalue weighted by atomic mass is 35.5. The fourth-order valence-electron chi connectivity index (χ4n) is 3.86. The minimum absolute atomic E-state index is 0. The van der Waals surface area contributed by atoms with E-state index in [0.29, 0.717) is 13.1 Å².